The molecule has 0 atom stereocenters. The molecule has 0 heterocycles. The predicted octanol–water partition coefficient (Wildman–Crippen LogP) is 5.37. The molecule has 20 heavy (non-hydrogen) atoms. The third-order valence-corrected chi connectivity index (χ3v) is 4.63. The van der Waals surface area contributed by atoms with Gasteiger partial charge in [-0.3, -0.25) is 0 Å². The van der Waals surface area contributed by atoms with Gasteiger partial charge in [-0.2, -0.15) is 0 Å². The minimum Gasteiger partial charge on any atom is -0.398 e. The van der Waals surface area contributed by atoms with Crippen molar-refractivity contribution in [1.29, 1.82) is 0 Å². The van der Waals surface area contributed by atoms with E-state index in [1.807, 2.05) is 18.2 Å². The predicted molar refractivity (Wildman–Crippen MR) is 89.4 cm³/mol. The normalized spacial score (nSPS) is 10.8. The van der Waals surface area contributed by atoms with Crippen molar-refractivity contribution in [1.82, 2.24) is 0 Å². The van der Waals surface area contributed by atoms with Gasteiger partial charge in [0.15, 0.2) is 0 Å². The van der Waals surface area contributed by atoms with Crippen molar-refractivity contribution in [2.24, 2.45) is 0 Å². The number of benzene rings is 3. The van der Waals surface area contributed by atoms with Crippen LogP contribution >= 0.6 is 23.4 Å². The summed E-state index contributed by atoms with van der Waals surface area (Å²) in [5.41, 5.74) is 7.74. The monoisotopic (exact) mass is 299 g/mol. The number of nitrogen functional groups attached to an aromatic ring is 1. The lowest BCUT2D eigenvalue weighted by atomic mass is 10.1. The molecule has 3 rings (SSSR count). The molecule has 0 aliphatic carbocycles. The van der Waals surface area contributed by atoms with Gasteiger partial charge in [0.1, 0.15) is 0 Å². The highest BCUT2D eigenvalue weighted by molar-refractivity contribution is 7.98. The van der Waals surface area contributed by atoms with Gasteiger partial charge in [0, 0.05) is 26.9 Å². The number of anilines is 1. The van der Waals surface area contributed by atoms with Gasteiger partial charge in [-0.1, -0.05) is 48.0 Å². The van der Waals surface area contributed by atoms with Crippen LogP contribution in [-0.2, 0) is 5.75 Å². The molecular weight excluding hydrogens is 286 g/mol. The average Bonchev–Trinajstić information content (AvgIpc) is 2.46. The molecule has 0 saturated carbocycles. The van der Waals surface area contributed by atoms with Gasteiger partial charge in [-0.05, 0) is 35.0 Å². The van der Waals surface area contributed by atoms with Crippen molar-refractivity contribution < 1.29 is 0 Å². The average molecular weight is 300 g/mol. The lowest BCUT2D eigenvalue weighted by Gasteiger charge is -2.08. The van der Waals surface area contributed by atoms with Crippen molar-refractivity contribution in [3.63, 3.8) is 0 Å². The lowest BCUT2D eigenvalue weighted by Crippen LogP contribution is -1.93. The maximum atomic E-state index is 6.20. The molecule has 3 aromatic carbocycles. The van der Waals surface area contributed by atoms with Crippen LogP contribution < -0.4 is 5.73 Å². The number of rotatable bonds is 3. The number of thioether (sulfide) groups is 1. The number of hydrogen-bond acceptors (Lipinski definition) is 2. The number of nitrogens with two attached hydrogens (primary N) is 1. The number of hydrogen-bond donors (Lipinski definition) is 1. The summed E-state index contributed by atoms with van der Waals surface area (Å²) >= 11 is 7.95. The zero-order chi connectivity index (χ0) is 13.9. The van der Waals surface area contributed by atoms with E-state index < -0.39 is 0 Å². The van der Waals surface area contributed by atoms with E-state index >= 15 is 0 Å². The van der Waals surface area contributed by atoms with E-state index in [0.29, 0.717) is 0 Å². The second kappa shape index (κ2) is 5.78. The van der Waals surface area contributed by atoms with Crippen molar-refractivity contribution >= 4 is 39.8 Å². The Kier molecular flexibility index (Phi) is 3.86. The van der Waals surface area contributed by atoms with E-state index in [1.54, 1.807) is 11.8 Å². The van der Waals surface area contributed by atoms with E-state index in [2.05, 4.69) is 42.5 Å². The van der Waals surface area contributed by atoms with E-state index in [-0.39, 0.29) is 0 Å². The standard InChI is InChI=1S/C17H14ClNS/c18-16-6-3-7-17(19)15(16)11-20-14-9-8-12-4-1-2-5-13(12)10-14/h1-10H,11,19H2. The van der Waals surface area contributed by atoms with Crippen molar-refractivity contribution in [2.75, 3.05) is 5.73 Å². The first-order valence-electron chi connectivity index (χ1n) is 6.38. The van der Waals surface area contributed by atoms with Crippen molar-refractivity contribution in [3.05, 3.63) is 71.2 Å². The van der Waals surface area contributed by atoms with E-state index in [4.69, 9.17) is 17.3 Å². The largest absolute Gasteiger partial charge is 0.398 e. The Hall–Kier alpha value is -1.64. The first-order valence-corrected chi connectivity index (χ1v) is 7.75. The number of fused-ring (bicyclic) bond motifs is 1. The first-order chi connectivity index (χ1) is 9.74. The SMILES string of the molecule is Nc1cccc(Cl)c1CSc1ccc2ccccc2c1. The van der Waals surface area contributed by atoms with Crippen LogP contribution in [0.5, 0.6) is 0 Å². The van der Waals surface area contributed by atoms with Crippen LogP contribution in [0, 0.1) is 0 Å². The van der Waals surface area contributed by atoms with Gasteiger partial charge < -0.3 is 5.73 Å². The minimum absolute atomic E-state index is 0.735. The van der Waals surface area contributed by atoms with E-state index in [9.17, 15) is 0 Å². The quantitative estimate of drug-likeness (QED) is 0.520. The van der Waals surface area contributed by atoms with Crippen LogP contribution in [0.2, 0.25) is 5.02 Å². The van der Waals surface area contributed by atoms with E-state index in [0.717, 1.165) is 22.0 Å². The second-order valence-corrected chi connectivity index (χ2v) is 6.06. The van der Waals surface area contributed by atoms with Crippen LogP contribution in [0.1, 0.15) is 5.56 Å². The summed E-state index contributed by atoms with van der Waals surface area (Å²) in [6.45, 7) is 0. The Morgan fingerprint density at radius 3 is 2.50 bits per heavy atom. The van der Waals surface area contributed by atoms with E-state index in [1.165, 1.54) is 15.7 Å². The molecule has 0 unspecified atom stereocenters. The van der Waals surface area contributed by atoms with Crippen LogP contribution in [-0.4, -0.2) is 0 Å². The molecule has 1 nitrogen and oxygen atoms in total. The Morgan fingerprint density at radius 2 is 1.70 bits per heavy atom. The molecule has 0 radical (unpaired) electrons. The highest BCUT2D eigenvalue weighted by Gasteiger charge is 2.05. The molecule has 0 saturated heterocycles. The molecule has 0 fully saturated rings. The topological polar surface area (TPSA) is 26.0 Å². The minimum atomic E-state index is 0.735. The Bertz CT molecular complexity index is 735. The molecular formula is C17H14ClNS. The molecule has 3 heteroatoms. The maximum absolute atomic E-state index is 6.20. The molecule has 0 aromatic heterocycles. The molecule has 0 spiro atoms. The molecule has 0 aliphatic heterocycles. The Balaban J connectivity index is 1.83. The fourth-order valence-electron chi connectivity index (χ4n) is 2.14. The van der Waals surface area contributed by atoms with Gasteiger partial charge in [0.05, 0.1) is 0 Å². The summed E-state index contributed by atoms with van der Waals surface area (Å²) in [7, 11) is 0. The summed E-state index contributed by atoms with van der Waals surface area (Å²) in [4.78, 5) is 1.23. The van der Waals surface area contributed by atoms with Gasteiger partial charge in [0.25, 0.3) is 0 Å². The third-order valence-electron chi connectivity index (χ3n) is 3.26. The molecule has 3 aromatic rings. The highest BCUT2D eigenvalue weighted by Crippen LogP contribution is 2.31. The van der Waals surface area contributed by atoms with Crippen molar-refractivity contribution in [2.45, 2.75) is 10.6 Å². The first kappa shape index (κ1) is 13.3. The molecule has 0 bridgehead atoms. The summed E-state index contributed by atoms with van der Waals surface area (Å²) in [6.07, 6.45) is 0. The van der Waals surface area contributed by atoms with Crippen LogP contribution in [0.25, 0.3) is 10.8 Å². The summed E-state index contributed by atoms with van der Waals surface area (Å²) in [5, 5.41) is 3.25. The molecule has 100 valence electrons. The smallest absolute Gasteiger partial charge is 0.0467 e. The Morgan fingerprint density at radius 1 is 0.900 bits per heavy atom. The summed E-state index contributed by atoms with van der Waals surface area (Å²) < 4.78 is 0. The second-order valence-electron chi connectivity index (χ2n) is 4.61. The van der Waals surface area contributed by atoms with Crippen LogP contribution in [0.15, 0.2) is 65.6 Å². The Labute approximate surface area is 127 Å². The lowest BCUT2D eigenvalue weighted by molar-refractivity contribution is 1.39. The zero-order valence-electron chi connectivity index (χ0n) is 10.8. The van der Waals surface area contributed by atoms with Crippen molar-refractivity contribution in [3.8, 4) is 0 Å². The summed E-state index contributed by atoms with van der Waals surface area (Å²) in [5.74, 6) is 0.782. The third kappa shape index (κ3) is 2.77. The maximum Gasteiger partial charge on any atom is 0.0467 e. The fraction of sp³-hybridized carbons (Fsp3) is 0.0588. The van der Waals surface area contributed by atoms with Gasteiger partial charge in [0.2, 0.25) is 0 Å². The molecule has 2 N–H and O–H groups in total. The van der Waals surface area contributed by atoms with Crippen LogP contribution in [0.4, 0.5) is 5.69 Å². The van der Waals surface area contributed by atoms with Gasteiger partial charge in [-0.15, -0.1) is 11.8 Å². The summed E-state index contributed by atoms with van der Waals surface area (Å²) in [6, 6.07) is 20.5. The van der Waals surface area contributed by atoms with Crippen LogP contribution in [0.3, 0.4) is 0 Å². The van der Waals surface area contributed by atoms with Gasteiger partial charge >= 0.3 is 0 Å². The molecule has 0 aliphatic rings. The fourth-order valence-corrected chi connectivity index (χ4v) is 3.48. The zero-order valence-corrected chi connectivity index (χ0v) is 12.4. The van der Waals surface area contributed by atoms with Gasteiger partial charge in [-0.25, -0.2) is 0 Å². The number of halogens is 1. The molecule has 0 amide bonds. The highest BCUT2D eigenvalue weighted by atomic mass is 35.5.